The number of hydrogen-bond donors (Lipinski definition) is 1. The van der Waals surface area contributed by atoms with Crippen LogP contribution in [0.4, 0.5) is 5.69 Å². The van der Waals surface area contributed by atoms with Crippen molar-refractivity contribution in [3.05, 3.63) is 59.9 Å². The lowest BCUT2D eigenvalue weighted by Crippen LogP contribution is -2.21. The number of methoxy groups -OCH3 is 1. The zero-order chi connectivity index (χ0) is 19.9. The average molecular weight is 379 g/mol. The van der Waals surface area contributed by atoms with Gasteiger partial charge in [0.25, 0.3) is 5.91 Å². The van der Waals surface area contributed by atoms with Gasteiger partial charge in [-0.05, 0) is 59.7 Å². The number of carbonyl (C=O) groups is 1. The summed E-state index contributed by atoms with van der Waals surface area (Å²) in [6, 6.07) is 11.1. The predicted octanol–water partition coefficient (Wildman–Crippen LogP) is 3.03. The first-order valence-electron chi connectivity index (χ1n) is 8.68. The number of aromatic nitrogens is 4. The van der Waals surface area contributed by atoms with Crippen LogP contribution in [0.1, 0.15) is 18.1 Å². The first kappa shape index (κ1) is 19.1. The molecular weight excluding hydrogens is 358 g/mol. The molecule has 0 bridgehead atoms. The number of nitrogens with zero attached hydrogens (tertiary/aromatic N) is 4. The maximum Gasteiger partial charge on any atom is 0.262 e. The molecule has 3 rings (SSSR count). The zero-order valence-electron chi connectivity index (χ0n) is 15.9. The molecule has 8 nitrogen and oxygen atoms in total. The number of amides is 1. The van der Waals surface area contributed by atoms with Crippen molar-refractivity contribution < 1.29 is 14.3 Å². The van der Waals surface area contributed by atoms with E-state index in [1.54, 1.807) is 19.2 Å². The molecule has 1 heterocycles. The Morgan fingerprint density at radius 1 is 1.21 bits per heavy atom. The van der Waals surface area contributed by atoms with Crippen LogP contribution in [0.2, 0.25) is 0 Å². The van der Waals surface area contributed by atoms with Crippen LogP contribution in [0.15, 0.2) is 48.8 Å². The van der Waals surface area contributed by atoms with E-state index in [1.165, 1.54) is 11.0 Å². The quantitative estimate of drug-likeness (QED) is 0.678. The van der Waals surface area contributed by atoms with Crippen LogP contribution in [0.25, 0.3) is 11.8 Å². The van der Waals surface area contributed by atoms with Crippen molar-refractivity contribution in [1.29, 1.82) is 0 Å². The van der Waals surface area contributed by atoms with Gasteiger partial charge in [0.15, 0.2) is 18.1 Å². The molecular formula is C20H21N5O3. The summed E-state index contributed by atoms with van der Waals surface area (Å²) in [5, 5.41) is 13.9. The van der Waals surface area contributed by atoms with Crippen molar-refractivity contribution in [2.45, 2.75) is 13.8 Å². The minimum Gasteiger partial charge on any atom is -0.493 e. The molecule has 0 aliphatic heterocycles. The summed E-state index contributed by atoms with van der Waals surface area (Å²) in [7, 11) is 1.57. The lowest BCUT2D eigenvalue weighted by molar-refractivity contribution is -0.118. The Kier molecular flexibility index (Phi) is 6.01. The van der Waals surface area contributed by atoms with Gasteiger partial charge in [-0.25, -0.2) is 4.68 Å². The van der Waals surface area contributed by atoms with Gasteiger partial charge in [0.05, 0.1) is 12.8 Å². The Labute approximate surface area is 162 Å². The molecule has 1 amide bonds. The minimum atomic E-state index is -0.281. The minimum absolute atomic E-state index is 0.145. The van der Waals surface area contributed by atoms with Crippen molar-refractivity contribution in [3.8, 4) is 17.2 Å². The van der Waals surface area contributed by atoms with E-state index in [1.807, 2.05) is 50.3 Å². The van der Waals surface area contributed by atoms with Crippen molar-refractivity contribution in [2.75, 3.05) is 19.0 Å². The number of rotatable bonds is 7. The fourth-order valence-corrected chi connectivity index (χ4v) is 2.60. The highest BCUT2D eigenvalue weighted by Gasteiger charge is 2.11. The molecule has 0 aliphatic carbocycles. The maximum absolute atomic E-state index is 12.4. The molecule has 144 valence electrons. The second-order valence-corrected chi connectivity index (χ2v) is 6.00. The van der Waals surface area contributed by atoms with E-state index in [4.69, 9.17) is 9.47 Å². The number of nitrogens with one attached hydrogen (secondary N) is 1. The Morgan fingerprint density at radius 3 is 2.79 bits per heavy atom. The van der Waals surface area contributed by atoms with Gasteiger partial charge in [-0.2, -0.15) is 0 Å². The number of benzene rings is 2. The molecule has 28 heavy (non-hydrogen) atoms. The number of ether oxygens (including phenoxy) is 2. The third-order valence-corrected chi connectivity index (χ3v) is 4.01. The van der Waals surface area contributed by atoms with E-state index >= 15 is 0 Å². The molecule has 0 unspecified atom stereocenters. The van der Waals surface area contributed by atoms with E-state index in [0.29, 0.717) is 17.2 Å². The SMILES string of the molecule is CC=Cc1ccc(OCC(=O)Nc2cc(-n3cnnn3)ccc2C)c(OC)c1. The van der Waals surface area contributed by atoms with Crippen LogP contribution in [0, 0.1) is 6.92 Å². The second-order valence-electron chi connectivity index (χ2n) is 6.00. The zero-order valence-corrected chi connectivity index (χ0v) is 15.9. The van der Waals surface area contributed by atoms with Crippen molar-refractivity contribution in [1.82, 2.24) is 20.2 Å². The first-order valence-corrected chi connectivity index (χ1v) is 8.68. The lowest BCUT2D eigenvalue weighted by atomic mass is 10.2. The molecule has 3 aromatic rings. The molecule has 1 aromatic heterocycles. The molecule has 0 saturated heterocycles. The van der Waals surface area contributed by atoms with E-state index in [2.05, 4.69) is 20.8 Å². The monoisotopic (exact) mass is 379 g/mol. The number of tetrazole rings is 1. The van der Waals surface area contributed by atoms with Gasteiger partial charge in [0.1, 0.15) is 6.33 Å². The molecule has 0 spiro atoms. The fourth-order valence-electron chi connectivity index (χ4n) is 2.60. The highest BCUT2D eigenvalue weighted by molar-refractivity contribution is 5.93. The van der Waals surface area contributed by atoms with Crippen molar-refractivity contribution in [3.63, 3.8) is 0 Å². The van der Waals surface area contributed by atoms with E-state index < -0.39 is 0 Å². The summed E-state index contributed by atoms with van der Waals surface area (Å²) in [5.41, 5.74) is 3.31. The van der Waals surface area contributed by atoms with Crippen LogP contribution >= 0.6 is 0 Å². The van der Waals surface area contributed by atoms with Crippen LogP contribution in [0.3, 0.4) is 0 Å². The summed E-state index contributed by atoms with van der Waals surface area (Å²) in [4.78, 5) is 12.4. The van der Waals surface area contributed by atoms with Gasteiger partial charge in [-0.15, -0.1) is 5.10 Å². The summed E-state index contributed by atoms with van der Waals surface area (Å²) in [6.45, 7) is 3.70. The molecule has 2 aromatic carbocycles. The largest absolute Gasteiger partial charge is 0.493 e. The van der Waals surface area contributed by atoms with Gasteiger partial charge in [0.2, 0.25) is 0 Å². The van der Waals surface area contributed by atoms with Crippen molar-refractivity contribution in [2.24, 2.45) is 0 Å². The molecule has 1 N–H and O–H groups in total. The predicted molar refractivity (Wildman–Crippen MR) is 106 cm³/mol. The Bertz CT molecular complexity index is 984. The standard InChI is InChI=1S/C20H21N5O3/c1-4-5-15-7-9-18(19(10-15)27-3)28-12-20(26)22-17-11-16(8-6-14(17)2)25-13-21-23-24-25/h4-11,13H,12H2,1-3H3,(H,22,26). The third kappa shape index (κ3) is 4.53. The number of anilines is 1. The number of carbonyl (C=O) groups excluding carboxylic acids is 1. The van der Waals surface area contributed by atoms with Gasteiger partial charge in [-0.1, -0.05) is 24.3 Å². The number of allylic oxidation sites excluding steroid dienone is 1. The number of hydrogen-bond acceptors (Lipinski definition) is 6. The van der Waals surface area contributed by atoms with Crippen LogP contribution in [0.5, 0.6) is 11.5 Å². The molecule has 0 atom stereocenters. The molecule has 0 radical (unpaired) electrons. The summed E-state index contributed by atoms with van der Waals surface area (Å²) in [5.74, 6) is 0.793. The van der Waals surface area contributed by atoms with Gasteiger partial charge in [0, 0.05) is 5.69 Å². The normalized spacial score (nSPS) is 10.8. The Hall–Kier alpha value is -3.68. The smallest absolute Gasteiger partial charge is 0.262 e. The lowest BCUT2D eigenvalue weighted by Gasteiger charge is -2.13. The Morgan fingerprint density at radius 2 is 2.07 bits per heavy atom. The number of aryl methyl sites for hydroxylation is 1. The maximum atomic E-state index is 12.4. The highest BCUT2D eigenvalue weighted by Crippen LogP contribution is 2.28. The van der Waals surface area contributed by atoms with Crippen LogP contribution in [-0.2, 0) is 4.79 Å². The molecule has 0 aliphatic rings. The summed E-state index contributed by atoms with van der Waals surface area (Å²) in [6.07, 6.45) is 5.39. The van der Waals surface area contributed by atoms with Crippen LogP contribution < -0.4 is 14.8 Å². The van der Waals surface area contributed by atoms with Gasteiger partial charge < -0.3 is 14.8 Å². The molecule has 0 fully saturated rings. The third-order valence-electron chi connectivity index (χ3n) is 4.01. The average Bonchev–Trinajstić information content (AvgIpc) is 3.23. The highest BCUT2D eigenvalue weighted by atomic mass is 16.5. The van der Waals surface area contributed by atoms with E-state index in [9.17, 15) is 4.79 Å². The van der Waals surface area contributed by atoms with Gasteiger partial charge in [-0.3, -0.25) is 4.79 Å². The van der Waals surface area contributed by atoms with Gasteiger partial charge >= 0.3 is 0 Å². The molecule has 0 saturated carbocycles. The first-order chi connectivity index (χ1) is 13.6. The van der Waals surface area contributed by atoms with E-state index in [0.717, 1.165) is 16.8 Å². The van der Waals surface area contributed by atoms with E-state index in [-0.39, 0.29) is 12.5 Å². The molecule has 8 heteroatoms. The summed E-state index contributed by atoms with van der Waals surface area (Å²) >= 11 is 0. The van der Waals surface area contributed by atoms with Crippen molar-refractivity contribution >= 4 is 17.7 Å². The second kappa shape index (κ2) is 8.81. The fraction of sp³-hybridized carbons (Fsp3) is 0.200. The van der Waals surface area contributed by atoms with Crippen LogP contribution in [-0.4, -0.2) is 39.8 Å². The topological polar surface area (TPSA) is 91.2 Å². The summed E-state index contributed by atoms with van der Waals surface area (Å²) < 4.78 is 12.5. The Balaban J connectivity index is 1.67.